The van der Waals surface area contributed by atoms with Crippen LogP contribution in [-0.4, -0.2) is 26.7 Å². The quantitative estimate of drug-likeness (QED) is 0.808. The number of rotatable bonds is 7. The van der Waals surface area contributed by atoms with E-state index in [4.69, 9.17) is 10.5 Å². The van der Waals surface area contributed by atoms with Crippen molar-refractivity contribution in [1.82, 2.24) is 0 Å². The topological polar surface area (TPSA) is 38.5 Å². The number of ether oxygens (including phenoxy) is 1. The average molecular weight is 250 g/mol. The van der Waals surface area contributed by atoms with E-state index in [2.05, 4.69) is 37.9 Å². The summed E-state index contributed by atoms with van der Waals surface area (Å²) in [6.45, 7) is 8.74. The molecule has 0 aromatic heterocycles. The molecule has 0 fully saturated rings. The first kappa shape index (κ1) is 14.8. The second kappa shape index (κ2) is 7.27. The monoisotopic (exact) mass is 250 g/mol. The van der Waals surface area contributed by atoms with Crippen LogP contribution in [0.2, 0.25) is 0 Å². The van der Waals surface area contributed by atoms with Crippen molar-refractivity contribution in [2.45, 2.75) is 27.2 Å². The molecule has 0 heterocycles. The molecule has 0 radical (unpaired) electrons. The first-order chi connectivity index (χ1) is 8.62. The smallest absolute Gasteiger partial charge is 0.122 e. The fraction of sp³-hybridized carbons (Fsp3) is 0.600. The van der Waals surface area contributed by atoms with E-state index in [1.54, 1.807) is 0 Å². The number of nitrogens with two attached hydrogens (primary N) is 1. The van der Waals surface area contributed by atoms with Crippen molar-refractivity contribution in [3.8, 4) is 5.75 Å². The van der Waals surface area contributed by atoms with Crippen LogP contribution in [0.5, 0.6) is 5.75 Å². The lowest BCUT2D eigenvalue weighted by Crippen LogP contribution is -2.29. The molecule has 1 unspecified atom stereocenters. The molecular formula is C15H26N2O. The number of anilines is 1. The van der Waals surface area contributed by atoms with Gasteiger partial charge in [-0.25, -0.2) is 0 Å². The van der Waals surface area contributed by atoms with Crippen molar-refractivity contribution < 1.29 is 4.74 Å². The molecule has 2 N–H and O–H groups in total. The lowest BCUT2D eigenvalue weighted by molar-refractivity contribution is 0.338. The molecule has 1 atom stereocenters. The minimum atomic E-state index is 0.557. The summed E-state index contributed by atoms with van der Waals surface area (Å²) in [7, 11) is 2.12. The molecule has 1 rings (SSSR count). The van der Waals surface area contributed by atoms with Gasteiger partial charge in [0.1, 0.15) is 5.75 Å². The van der Waals surface area contributed by atoms with Crippen LogP contribution in [0.25, 0.3) is 0 Å². The zero-order valence-corrected chi connectivity index (χ0v) is 12.1. The number of aryl methyl sites for hydroxylation is 1. The zero-order chi connectivity index (χ0) is 13.5. The molecule has 0 amide bonds. The maximum Gasteiger partial charge on any atom is 0.122 e. The van der Waals surface area contributed by atoms with Crippen LogP contribution in [0, 0.1) is 12.8 Å². The first-order valence-electron chi connectivity index (χ1n) is 6.77. The highest BCUT2D eigenvalue weighted by Crippen LogP contribution is 2.24. The van der Waals surface area contributed by atoms with Gasteiger partial charge in [-0.1, -0.05) is 13.3 Å². The van der Waals surface area contributed by atoms with Gasteiger partial charge in [0.2, 0.25) is 0 Å². The van der Waals surface area contributed by atoms with Gasteiger partial charge in [0.25, 0.3) is 0 Å². The van der Waals surface area contributed by atoms with Crippen LogP contribution in [-0.2, 0) is 0 Å². The van der Waals surface area contributed by atoms with Gasteiger partial charge < -0.3 is 15.4 Å². The van der Waals surface area contributed by atoms with Crippen LogP contribution in [0.3, 0.4) is 0 Å². The number of nitrogens with zero attached hydrogens (tertiary/aromatic N) is 1. The Kier molecular flexibility index (Phi) is 5.99. The molecule has 0 aliphatic rings. The highest BCUT2D eigenvalue weighted by Gasteiger charge is 2.10. The Morgan fingerprint density at radius 1 is 1.33 bits per heavy atom. The van der Waals surface area contributed by atoms with Gasteiger partial charge in [0.15, 0.2) is 0 Å². The van der Waals surface area contributed by atoms with Crippen molar-refractivity contribution in [2.24, 2.45) is 11.7 Å². The minimum Gasteiger partial charge on any atom is -0.494 e. The first-order valence-corrected chi connectivity index (χ1v) is 6.77. The lowest BCUT2D eigenvalue weighted by atomic mass is 10.1. The van der Waals surface area contributed by atoms with Crippen LogP contribution in [0.1, 0.15) is 25.8 Å². The van der Waals surface area contributed by atoms with Gasteiger partial charge in [-0.2, -0.15) is 0 Å². The number of benzene rings is 1. The molecule has 3 nitrogen and oxygen atoms in total. The fourth-order valence-electron chi connectivity index (χ4n) is 2.05. The molecule has 1 aromatic rings. The molecule has 0 aliphatic heterocycles. The van der Waals surface area contributed by atoms with Crippen LogP contribution in [0.4, 0.5) is 5.69 Å². The Balaban J connectivity index is 2.74. The third kappa shape index (κ3) is 3.91. The van der Waals surface area contributed by atoms with E-state index in [-0.39, 0.29) is 0 Å². The summed E-state index contributed by atoms with van der Waals surface area (Å²) in [5, 5.41) is 0. The lowest BCUT2D eigenvalue weighted by Gasteiger charge is -2.25. The van der Waals surface area contributed by atoms with Crippen molar-refractivity contribution in [3.05, 3.63) is 23.8 Å². The fourth-order valence-corrected chi connectivity index (χ4v) is 2.05. The molecule has 18 heavy (non-hydrogen) atoms. The predicted molar refractivity (Wildman–Crippen MR) is 78.5 cm³/mol. The molecule has 102 valence electrons. The van der Waals surface area contributed by atoms with Gasteiger partial charge in [-0.3, -0.25) is 0 Å². The molecule has 3 heteroatoms. The van der Waals surface area contributed by atoms with Crippen molar-refractivity contribution in [1.29, 1.82) is 0 Å². The van der Waals surface area contributed by atoms with Crippen LogP contribution in [0.15, 0.2) is 18.2 Å². The van der Waals surface area contributed by atoms with Crippen LogP contribution < -0.4 is 15.4 Å². The molecule has 0 bridgehead atoms. The SMILES string of the molecule is CCOc1ccc(N(C)CC(CC)CN)cc1C. The third-order valence-corrected chi connectivity index (χ3v) is 3.34. The highest BCUT2D eigenvalue weighted by atomic mass is 16.5. The van der Waals surface area contributed by atoms with Gasteiger partial charge in [-0.15, -0.1) is 0 Å². The normalized spacial score (nSPS) is 12.3. The van der Waals surface area contributed by atoms with E-state index in [1.807, 2.05) is 13.0 Å². The summed E-state index contributed by atoms with van der Waals surface area (Å²) in [6.07, 6.45) is 1.12. The van der Waals surface area contributed by atoms with E-state index >= 15 is 0 Å². The standard InChI is InChI=1S/C15H26N2O/c1-5-13(10-16)11-17(4)14-7-8-15(18-6-2)12(3)9-14/h7-9,13H,5-6,10-11,16H2,1-4H3. The van der Waals surface area contributed by atoms with E-state index < -0.39 is 0 Å². The van der Waals surface area contributed by atoms with Crippen molar-refractivity contribution in [3.63, 3.8) is 0 Å². The summed E-state index contributed by atoms with van der Waals surface area (Å²) < 4.78 is 5.56. The average Bonchev–Trinajstić information content (AvgIpc) is 2.38. The van der Waals surface area contributed by atoms with E-state index in [1.165, 1.54) is 11.3 Å². The van der Waals surface area contributed by atoms with Gasteiger partial charge in [-0.05, 0) is 50.1 Å². The van der Waals surface area contributed by atoms with Gasteiger partial charge in [0, 0.05) is 19.3 Å². The maximum atomic E-state index is 5.76. The molecule has 0 saturated heterocycles. The van der Waals surface area contributed by atoms with Gasteiger partial charge >= 0.3 is 0 Å². The van der Waals surface area contributed by atoms with Crippen molar-refractivity contribution in [2.75, 3.05) is 31.6 Å². The molecule has 0 spiro atoms. The minimum absolute atomic E-state index is 0.557. The van der Waals surface area contributed by atoms with Crippen LogP contribution >= 0.6 is 0 Å². The molecule has 1 aromatic carbocycles. The Labute approximate surface area is 111 Å². The van der Waals surface area contributed by atoms with Crippen molar-refractivity contribution >= 4 is 5.69 Å². The largest absolute Gasteiger partial charge is 0.494 e. The Hall–Kier alpha value is -1.22. The van der Waals surface area contributed by atoms with E-state index in [0.29, 0.717) is 12.5 Å². The number of hydrogen-bond donors (Lipinski definition) is 1. The Bertz CT molecular complexity index is 362. The van der Waals surface area contributed by atoms with E-state index in [0.717, 1.165) is 25.3 Å². The Morgan fingerprint density at radius 2 is 2.06 bits per heavy atom. The second-order valence-corrected chi connectivity index (χ2v) is 4.77. The molecule has 0 saturated carbocycles. The maximum absolute atomic E-state index is 5.76. The van der Waals surface area contributed by atoms with E-state index in [9.17, 15) is 0 Å². The Morgan fingerprint density at radius 3 is 2.56 bits per heavy atom. The zero-order valence-electron chi connectivity index (χ0n) is 12.1. The molecule has 0 aliphatic carbocycles. The summed E-state index contributed by atoms with van der Waals surface area (Å²) >= 11 is 0. The molecular weight excluding hydrogens is 224 g/mol. The summed E-state index contributed by atoms with van der Waals surface area (Å²) in [5.74, 6) is 1.53. The number of hydrogen-bond acceptors (Lipinski definition) is 3. The third-order valence-electron chi connectivity index (χ3n) is 3.34. The summed E-state index contributed by atoms with van der Waals surface area (Å²) in [6, 6.07) is 6.34. The van der Waals surface area contributed by atoms with Gasteiger partial charge in [0.05, 0.1) is 6.61 Å². The summed E-state index contributed by atoms with van der Waals surface area (Å²) in [4.78, 5) is 2.27. The predicted octanol–water partition coefficient (Wildman–Crippen LogP) is 2.81. The summed E-state index contributed by atoms with van der Waals surface area (Å²) in [5.41, 5.74) is 8.16. The second-order valence-electron chi connectivity index (χ2n) is 4.77. The highest BCUT2D eigenvalue weighted by molar-refractivity contribution is 5.52.